The fourth-order valence-corrected chi connectivity index (χ4v) is 3.38. The van der Waals surface area contributed by atoms with E-state index in [1.165, 1.54) is 15.4 Å². The van der Waals surface area contributed by atoms with E-state index in [0.717, 1.165) is 57.0 Å². The van der Waals surface area contributed by atoms with E-state index >= 15 is 0 Å². The van der Waals surface area contributed by atoms with Gasteiger partial charge in [0.2, 0.25) is 0 Å². The number of aliphatic imine (C=N–C) groups is 1. The summed E-state index contributed by atoms with van der Waals surface area (Å²) in [6, 6.07) is 8.24. The second-order valence-electron chi connectivity index (χ2n) is 5.96. The summed E-state index contributed by atoms with van der Waals surface area (Å²) in [4.78, 5) is 10.5. The van der Waals surface area contributed by atoms with Crippen LogP contribution in [0.5, 0.6) is 5.75 Å². The molecule has 0 unspecified atom stereocenters. The van der Waals surface area contributed by atoms with Crippen LogP contribution >= 0.6 is 11.3 Å². The number of hydrogen-bond acceptors (Lipinski definition) is 4. The Morgan fingerprint density at radius 2 is 1.96 bits per heavy atom. The Labute approximate surface area is 160 Å². The third kappa shape index (κ3) is 7.04. The number of ether oxygens (including phenoxy) is 1. The molecule has 0 saturated heterocycles. The molecule has 142 valence electrons. The molecule has 0 bridgehead atoms. The van der Waals surface area contributed by atoms with Crippen LogP contribution in [0.3, 0.4) is 0 Å². The molecule has 0 fully saturated rings. The van der Waals surface area contributed by atoms with Crippen molar-refractivity contribution in [2.24, 2.45) is 4.99 Å². The van der Waals surface area contributed by atoms with Crippen LogP contribution < -0.4 is 15.4 Å². The second-order valence-corrected chi connectivity index (χ2v) is 7.16. The molecule has 1 aromatic heterocycles. The first-order chi connectivity index (χ1) is 12.7. The average molecular weight is 375 g/mol. The van der Waals surface area contributed by atoms with Crippen LogP contribution in [0.4, 0.5) is 0 Å². The quantitative estimate of drug-likeness (QED) is 0.380. The van der Waals surface area contributed by atoms with Crippen molar-refractivity contribution in [2.75, 3.05) is 26.7 Å². The van der Waals surface area contributed by atoms with Crippen LogP contribution in [0, 0.1) is 0 Å². The van der Waals surface area contributed by atoms with E-state index in [4.69, 9.17) is 4.74 Å². The lowest BCUT2D eigenvalue weighted by atomic mass is 10.1. The van der Waals surface area contributed by atoms with E-state index in [-0.39, 0.29) is 0 Å². The summed E-state index contributed by atoms with van der Waals surface area (Å²) < 4.78 is 5.19. The highest BCUT2D eigenvalue weighted by Crippen LogP contribution is 2.13. The summed E-state index contributed by atoms with van der Waals surface area (Å²) in [6.07, 6.45) is 6.02. The number of rotatable bonds is 10. The maximum absolute atomic E-state index is 5.19. The largest absolute Gasteiger partial charge is 0.497 e. The fraction of sp³-hybridized carbons (Fsp3) is 0.500. The number of nitrogens with zero attached hydrogens (tertiary/aromatic N) is 2. The van der Waals surface area contributed by atoms with Crippen molar-refractivity contribution in [3.05, 3.63) is 45.9 Å². The lowest BCUT2D eigenvalue weighted by Crippen LogP contribution is -2.38. The van der Waals surface area contributed by atoms with Crippen molar-refractivity contribution in [2.45, 2.75) is 39.5 Å². The van der Waals surface area contributed by atoms with E-state index in [1.807, 2.05) is 18.3 Å². The van der Waals surface area contributed by atoms with Crippen molar-refractivity contribution in [1.29, 1.82) is 0 Å². The SMILES string of the molecule is CCNC(=NCCCc1ccc(OC)cc1)NCCc1ncc(CC)s1. The molecule has 0 aliphatic heterocycles. The van der Waals surface area contributed by atoms with Gasteiger partial charge in [0.05, 0.1) is 12.1 Å². The van der Waals surface area contributed by atoms with Crippen LogP contribution in [-0.4, -0.2) is 37.7 Å². The van der Waals surface area contributed by atoms with Crippen LogP contribution in [0.15, 0.2) is 35.5 Å². The molecular weight excluding hydrogens is 344 g/mol. The molecule has 0 aliphatic rings. The van der Waals surface area contributed by atoms with Crippen LogP contribution in [0.2, 0.25) is 0 Å². The molecule has 1 heterocycles. The molecule has 5 nitrogen and oxygen atoms in total. The average Bonchev–Trinajstić information content (AvgIpc) is 3.13. The molecule has 0 amide bonds. The van der Waals surface area contributed by atoms with E-state index in [0.29, 0.717) is 0 Å². The van der Waals surface area contributed by atoms with Gasteiger partial charge in [0.1, 0.15) is 5.75 Å². The third-order valence-corrected chi connectivity index (χ3v) is 5.18. The van der Waals surface area contributed by atoms with E-state index in [9.17, 15) is 0 Å². The molecule has 6 heteroatoms. The predicted molar refractivity (Wildman–Crippen MR) is 110 cm³/mol. The first-order valence-electron chi connectivity index (χ1n) is 9.33. The van der Waals surface area contributed by atoms with Gasteiger partial charge >= 0.3 is 0 Å². The Morgan fingerprint density at radius 3 is 2.62 bits per heavy atom. The van der Waals surface area contributed by atoms with Gasteiger partial charge in [0, 0.05) is 37.1 Å². The molecular formula is C20H30N4OS. The van der Waals surface area contributed by atoms with Gasteiger partial charge in [-0.15, -0.1) is 11.3 Å². The normalized spacial score (nSPS) is 11.4. The maximum Gasteiger partial charge on any atom is 0.191 e. The number of hydrogen-bond donors (Lipinski definition) is 2. The zero-order valence-corrected chi connectivity index (χ0v) is 16.9. The number of thiazole rings is 1. The van der Waals surface area contributed by atoms with Crippen molar-refractivity contribution in [3.8, 4) is 5.75 Å². The van der Waals surface area contributed by atoms with Gasteiger partial charge in [0.25, 0.3) is 0 Å². The summed E-state index contributed by atoms with van der Waals surface area (Å²) in [7, 11) is 1.69. The minimum atomic E-state index is 0.804. The number of methoxy groups -OCH3 is 1. The van der Waals surface area contributed by atoms with Gasteiger partial charge in [-0.1, -0.05) is 19.1 Å². The Bertz CT molecular complexity index is 667. The minimum absolute atomic E-state index is 0.804. The lowest BCUT2D eigenvalue weighted by Gasteiger charge is -2.10. The highest BCUT2D eigenvalue weighted by molar-refractivity contribution is 7.11. The molecule has 2 aromatic rings. The smallest absolute Gasteiger partial charge is 0.191 e. The number of benzene rings is 1. The monoisotopic (exact) mass is 374 g/mol. The van der Waals surface area contributed by atoms with Gasteiger partial charge in [0.15, 0.2) is 5.96 Å². The molecule has 0 spiro atoms. The zero-order valence-electron chi connectivity index (χ0n) is 16.0. The van der Waals surface area contributed by atoms with Gasteiger partial charge in [-0.05, 0) is 43.9 Å². The molecule has 0 aliphatic carbocycles. The molecule has 0 atom stereocenters. The van der Waals surface area contributed by atoms with Gasteiger partial charge in [-0.25, -0.2) is 4.98 Å². The van der Waals surface area contributed by atoms with Gasteiger partial charge in [-0.2, -0.15) is 0 Å². The highest BCUT2D eigenvalue weighted by Gasteiger charge is 2.02. The second kappa shape index (κ2) is 11.5. The van der Waals surface area contributed by atoms with E-state index < -0.39 is 0 Å². The summed E-state index contributed by atoms with van der Waals surface area (Å²) in [6.45, 7) is 6.77. The summed E-state index contributed by atoms with van der Waals surface area (Å²) in [5, 5.41) is 7.89. The zero-order chi connectivity index (χ0) is 18.6. The van der Waals surface area contributed by atoms with E-state index in [2.05, 4.69) is 46.6 Å². The third-order valence-electron chi connectivity index (χ3n) is 3.98. The van der Waals surface area contributed by atoms with E-state index in [1.54, 1.807) is 18.4 Å². The van der Waals surface area contributed by atoms with Gasteiger partial charge in [-0.3, -0.25) is 4.99 Å². The Balaban J connectivity index is 1.72. The number of aromatic nitrogens is 1. The highest BCUT2D eigenvalue weighted by atomic mass is 32.1. The van der Waals surface area contributed by atoms with Crippen molar-refractivity contribution in [1.82, 2.24) is 15.6 Å². The number of aryl methyl sites for hydroxylation is 2. The van der Waals surface area contributed by atoms with Crippen LogP contribution in [0.1, 0.15) is 35.7 Å². The summed E-state index contributed by atoms with van der Waals surface area (Å²) in [5.74, 6) is 1.78. The summed E-state index contributed by atoms with van der Waals surface area (Å²) in [5.41, 5.74) is 1.31. The predicted octanol–water partition coefficient (Wildman–Crippen LogP) is 3.44. The molecule has 26 heavy (non-hydrogen) atoms. The minimum Gasteiger partial charge on any atom is -0.497 e. The number of nitrogens with one attached hydrogen (secondary N) is 2. The molecule has 0 saturated carbocycles. The maximum atomic E-state index is 5.19. The standard InChI is InChI=1S/C20H30N4OS/c1-4-18-15-24-19(26-18)12-14-23-20(21-5-2)22-13-6-7-16-8-10-17(25-3)11-9-16/h8-11,15H,4-7,12-14H2,1-3H3,(H2,21,22,23). The van der Waals surface area contributed by atoms with Crippen molar-refractivity contribution >= 4 is 17.3 Å². The Kier molecular flexibility index (Phi) is 8.96. The van der Waals surface area contributed by atoms with Crippen LogP contribution in [-0.2, 0) is 19.3 Å². The lowest BCUT2D eigenvalue weighted by molar-refractivity contribution is 0.414. The first-order valence-corrected chi connectivity index (χ1v) is 10.2. The first kappa shape index (κ1) is 20.2. The Morgan fingerprint density at radius 1 is 1.15 bits per heavy atom. The van der Waals surface area contributed by atoms with Crippen LogP contribution in [0.25, 0.3) is 0 Å². The fourth-order valence-electron chi connectivity index (χ4n) is 2.52. The molecule has 2 rings (SSSR count). The summed E-state index contributed by atoms with van der Waals surface area (Å²) >= 11 is 1.80. The molecule has 1 aromatic carbocycles. The topological polar surface area (TPSA) is 58.5 Å². The van der Waals surface area contributed by atoms with Gasteiger partial charge < -0.3 is 15.4 Å². The molecule has 0 radical (unpaired) electrons. The van der Waals surface area contributed by atoms with Crippen molar-refractivity contribution in [3.63, 3.8) is 0 Å². The Hall–Kier alpha value is -2.08. The number of guanidine groups is 1. The van der Waals surface area contributed by atoms with Crippen molar-refractivity contribution < 1.29 is 4.74 Å². The molecule has 2 N–H and O–H groups in total.